The average Bonchev–Trinajstić information content (AvgIpc) is 3.38. The molecule has 1 aliphatic rings. The number of imidazole rings is 1. The fourth-order valence-corrected chi connectivity index (χ4v) is 3.76. The molecule has 1 fully saturated rings. The molecule has 1 N–H and O–H groups in total. The van der Waals surface area contributed by atoms with E-state index in [0.29, 0.717) is 24.7 Å². The zero-order valence-electron chi connectivity index (χ0n) is 16.4. The highest BCUT2D eigenvalue weighted by molar-refractivity contribution is 5.92. The number of H-pyrrole nitrogens is 1. The number of likely N-dealkylation sites (tertiary alicyclic amines) is 1. The van der Waals surface area contributed by atoms with Crippen LogP contribution in [-0.2, 0) is 6.54 Å². The van der Waals surface area contributed by atoms with Crippen LogP contribution in [0.5, 0.6) is 0 Å². The molecule has 1 atom stereocenters. The van der Waals surface area contributed by atoms with Gasteiger partial charge in [0.15, 0.2) is 0 Å². The topological polar surface area (TPSA) is 79.7 Å². The Morgan fingerprint density at radius 3 is 2.93 bits per heavy atom. The Morgan fingerprint density at radius 2 is 2.18 bits per heavy atom. The van der Waals surface area contributed by atoms with Crippen LogP contribution in [0.3, 0.4) is 0 Å². The fourth-order valence-electron chi connectivity index (χ4n) is 3.76. The lowest BCUT2D eigenvalue weighted by molar-refractivity contribution is 0.0697. The number of rotatable bonds is 5. The maximum Gasteiger partial charge on any atom is 0.274 e. The van der Waals surface area contributed by atoms with Gasteiger partial charge >= 0.3 is 0 Å². The van der Waals surface area contributed by atoms with Crippen molar-refractivity contribution in [3.05, 3.63) is 65.8 Å². The second kappa shape index (κ2) is 7.96. The van der Waals surface area contributed by atoms with Crippen molar-refractivity contribution in [2.45, 2.75) is 45.1 Å². The summed E-state index contributed by atoms with van der Waals surface area (Å²) in [6.07, 6.45) is 7.63. The van der Waals surface area contributed by atoms with Gasteiger partial charge in [0.2, 0.25) is 0 Å². The average molecular weight is 378 g/mol. The van der Waals surface area contributed by atoms with Crippen LogP contribution in [0.15, 0.2) is 42.9 Å². The molecule has 28 heavy (non-hydrogen) atoms. The van der Waals surface area contributed by atoms with E-state index in [1.54, 1.807) is 0 Å². The molecule has 0 radical (unpaired) electrons. The third-order valence-electron chi connectivity index (χ3n) is 5.32. The number of piperidine rings is 1. The molecule has 1 amide bonds. The number of carbonyl (C=O) groups is 1. The zero-order chi connectivity index (χ0) is 19.5. The first kappa shape index (κ1) is 18.4. The van der Waals surface area contributed by atoms with Gasteiger partial charge in [0.1, 0.15) is 11.5 Å². The molecule has 0 aliphatic carbocycles. The normalized spacial score (nSPS) is 17.2. The molecular formula is C21H26N6O. The second-order valence-corrected chi connectivity index (χ2v) is 7.69. The summed E-state index contributed by atoms with van der Waals surface area (Å²) in [5, 5.41) is 7.21. The molecule has 4 rings (SSSR count). The number of nitrogens with zero attached hydrogens (tertiary/aromatic N) is 5. The summed E-state index contributed by atoms with van der Waals surface area (Å²) < 4.78 is 2.15. The highest BCUT2D eigenvalue weighted by Crippen LogP contribution is 2.27. The van der Waals surface area contributed by atoms with Crippen LogP contribution in [0, 0.1) is 0 Å². The highest BCUT2D eigenvalue weighted by atomic mass is 16.2. The SMILES string of the molecule is CC(C)c1cc(C(=O)N2CCC[C@@H](c3nccn3Cc3ccccn3)C2)n[nH]1. The second-order valence-electron chi connectivity index (χ2n) is 7.69. The molecule has 3 aromatic rings. The predicted molar refractivity (Wildman–Crippen MR) is 106 cm³/mol. The van der Waals surface area contributed by atoms with E-state index in [4.69, 9.17) is 0 Å². The number of carbonyl (C=O) groups excluding carboxylic acids is 1. The van der Waals surface area contributed by atoms with E-state index < -0.39 is 0 Å². The molecule has 0 bridgehead atoms. The van der Waals surface area contributed by atoms with Gasteiger partial charge in [-0.15, -0.1) is 0 Å². The standard InChI is InChI=1S/C21H26N6O/c1-15(2)18-12-19(25-24-18)21(28)27-10-5-6-16(13-27)20-23-9-11-26(20)14-17-7-3-4-8-22-17/h3-4,7-9,11-12,15-16H,5-6,10,13-14H2,1-2H3,(H,24,25)/t16-/m1/s1. The molecule has 0 unspecified atom stereocenters. The molecule has 1 saturated heterocycles. The van der Waals surface area contributed by atoms with Crippen LogP contribution in [0.4, 0.5) is 0 Å². The Morgan fingerprint density at radius 1 is 1.29 bits per heavy atom. The van der Waals surface area contributed by atoms with Gasteiger partial charge in [-0.2, -0.15) is 5.10 Å². The van der Waals surface area contributed by atoms with Crippen molar-refractivity contribution in [1.29, 1.82) is 0 Å². The number of amides is 1. The minimum atomic E-state index is -0.00400. The molecule has 7 nitrogen and oxygen atoms in total. The predicted octanol–water partition coefficient (Wildman–Crippen LogP) is 3.19. The van der Waals surface area contributed by atoms with Crippen molar-refractivity contribution in [1.82, 2.24) is 29.6 Å². The Kier molecular flexibility index (Phi) is 5.23. The summed E-state index contributed by atoms with van der Waals surface area (Å²) >= 11 is 0. The quantitative estimate of drug-likeness (QED) is 0.739. The molecule has 0 saturated carbocycles. The van der Waals surface area contributed by atoms with E-state index in [9.17, 15) is 4.79 Å². The van der Waals surface area contributed by atoms with E-state index in [1.165, 1.54) is 0 Å². The largest absolute Gasteiger partial charge is 0.337 e. The van der Waals surface area contributed by atoms with E-state index in [0.717, 1.165) is 36.6 Å². The number of aromatic nitrogens is 5. The number of aromatic amines is 1. The summed E-state index contributed by atoms with van der Waals surface area (Å²) in [6.45, 7) is 6.29. The smallest absolute Gasteiger partial charge is 0.274 e. The van der Waals surface area contributed by atoms with Gasteiger partial charge in [0.05, 0.1) is 12.2 Å². The van der Waals surface area contributed by atoms with Crippen LogP contribution < -0.4 is 0 Å². The van der Waals surface area contributed by atoms with Gasteiger partial charge in [-0.25, -0.2) is 4.98 Å². The van der Waals surface area contributed by atoms with E-state index >= 15 is 0 Å². The first-order chi connectivity index (χ1) is 13.6. The Labute approximate surface area is 164 Å². The maximum absolute atomic E-state index is 12.9. The number of pyridine rings is 1. The van der Waals surface area contributed by atoms with Crippen LogP contribution in [0.2, 0.25) is 0 Å². The lowest BCUT2D eigenvalue weighted by atomic mass is 9.96. The Hall–Kier alpha value is -2.96. The summed E-state index contributed by atoms with van der Waals surface area (Å²) in [7, 11) is 0. The van der Waals surface area contributed by atoms with Crippen LogP contribution in [0.25, 0.3) is 0 Å². The van der Waals surface area contributed by atoms with E-state index in [1.807, 2.05) is 47.8 Å². The molecule has 1 aliphatic heterocycles. The van der Waals surface area contributed by atoms with Gasteiger partial charge in [-0.1, -0.05) is 19.9 Å². The van der Waals surface area contributed by atoms with Gasteiger partial charge in [0, 0.05) is 43.3 Å². The van der Waals surface area contributed by atoms with Crippen molar-refractivity contribution in [3.63, 3.8) is 0 Å². The minimum Gasteiger partial charge on any atom is -0.337 e. The van der Waals surface area contributed by atoms with Crippen molar-refractivity contribution >= 4 is 5.91 Å². The molecular weight excluding hydrogens is 352 g/mol. The lowest BCUT2D eigenvalue weighted by Crippen LogP contribution is -2.40. The lowest BCUT2D eigenvalue weighted by Gasteiger charge is -2.32. The first-order valence-corrected chi connectivity index (χ1v) is 9.87. The van der Waals surface area contributed by atoms with Crippen LogP contribution in [0.1, 0.15) is 66.2 Å². The third kappa shape index (κ3) is 3.83. The van der Waals surface area contributed by atoms with Crippen LogP contribution >= 0.6 is 0 Å². The highest BCUT2D eigenvalue weighted by Gasteiger charge is 2.29. The number of hydrogen-bond donors (Lipinski definition) is 1. The summed E-state index contributed by atoms with van der Waals surface area (Å²) in [5.41, 5.74) is 2.49. The van der Waals surface area contributed by atoms with E-state index in [-0.39, 0.29) is 11.8 Å². The monoisotopic (exact) mass is 378 g/mol. The van der Waals surface area contributed by atoms with Gasteiger partial charge in [-0.3, -0.25) is 14.9 Å². The summed E-state index contributed by atoms with van der Waals surface area (Å²) in [5.74, 6) is 1.56. The first-order valence-electron chi connectivity index (χ1n) is 9.87. The molecule has 4 heterocycles. The van der Waals surface area contributed by atoms with Crippen molar-refractivity contribution in [3.8, 4) is 0 Å². The van der Waals surface area contributed by atoms with Crippen LogP contribution in [-0.4, -0.2) is 48.6 Å². The number of hydrogen-bond acceptors (Lipinski definition) is 4. The third-order valence-corrected chi connectivity index (χ3v) is 5.32. The molecule has 7 heteroatoms. The fraction of sp³-hybridized carbons (Fsp3) is 0.429. The van der Waals surface area contributed by atoms with Crippen molar-refractivity contribution in [2.75, 3.05) is 13.1 Å². The Balaban J connectivity index is 1.48. The van der Waals surface area contributed by atoms with Crippen molar-refractivity contribution < 1.29 is 4.79 Å². The van der Waals surface area contributed by atoms with Crippen molar-refractivity contribution in [2.24, 2.45) is 0 Å². The van der Waals surface area contributed by atoms with E-state index in [2.05, 4.69) is 38.6 Å². The molecule has 146 valence electrons. The number of nitrogens with one attached hydrogen (secondary N) is 1. The van der Waals surface area contributed by atoms with Gasteiger partial charge < -0.3 is 9.47 Å². The van der Waals surface area contributed by atoms with Gasteiger partial charge in [-0.05, 0) is 37.0 Å². The maximum atomic E-state index is 12.9. The summed E-state index contributed by atoms with van der Waals surface area (Å²) in [4.78, 5) is 23.9. The molecule has 0 aromatic carbocycles. The Bertz CT molecular complexity index is 929. The van der Waals surface area contributed by atoms with Gasteiger partial charge in [0.25, 0.3) is 5.91 Å². The molecule has 3 aromatic heterocycles. The molecule has 0 spiro atoms. The minimum absolute atomic E-state index is 0.00400. The zero-order valence-corrected chi connectivity index (χ0v) is 16.4. The summed E-state index contributed by atoms with van der Waals surface area (Å²) in [6, 6.07) is 7.81.